The number of amides is 4. The van der Waals surface area contributed by atoms with Gasteiger partial charge in [-0.05, 0) is 34.6 Å². The molecule has 2 aliphatic rings. The third-order valence-electron chi connectivity index (χ3n) is 3.74. The van der Waals surface area contributed by atoms with Crippen molar-refractivity contribution in [3.63, 3.8) is 0 Å². The Morgan fingerprint density at radius 3 is 1.33 bits per heavy atom. The summed E-state index contributed by atoms with van der Waals surface area (Å²) >= 11 is 0. The lowest BCUT2D eigenvalue weighted by Gasteiger charge is -2.17. The summed E-state index contributed by atoms with van der Waals surface area (Å²) in [6.07, 6.45) is 1.24. The van der Waals surface area contributed by atoms with E-state index in [9.17, 15) is 24.0 Å². The Labute approximate surface area is 161 Å². The molecule has 0 unspecified atom stereocenters. The molecule has 2 rings (SSSR count). The summed E-state index contributed by atoms with van der Waals surface area (Å²) in [5.74, 6) is -0.0487. The van der Waals surface area contributed by atoms with Crippen LogP contribution in [-0.2, 0) is 28.8 Å². The molecule has 154 valence electrons. The molecule has 0 aromatic carbocycles. The Hall–Kier alpha value is -2.09. The van der Waals surface area contributed by atoms with Crippen molar-refractivity contribution in [1.29, 1.82) is 0 Å². The van der Waals surface area contributed by atoms with Crippen LogP contribution >= 0.6 is 0 Å². The van der Waals surface area contributed by atoms with Gasteiger partial charge in [-0.15, -0.1) is 0 Å². The Bertz CT molecular complexity index is 537. The summed E-state index contributed by atoms with van der Waals surface area (Å²) < 4.78 is 0. The molecule has 0 atom stereocenters. The van der Waals surface area contributed by atoms with Crippen LogP contribution in [0.5, 0.6) is 0 Å². The molecule has 0 radical (unpaired) electrons. The molecular weight excluding hydrogens is 352 g/mol. The zero-order valence-electron chi connectivity index (χ0n) is 17.4. The lowest BCUT2D eigenvalue weighted by molar-refractivity contribution is -0.198. The molecule has 0 bridgehead atoms. The van der Waals surface area contributed by atoms with E-state index in [2.05, 4.69) is 0 Å². The number of rotatable bonds is 4. The lowest BCUT2D eigenvalue weighted by atomic mass is 10.1. The van der Waals surface area contributed by atoms with Crippen LogP contribution in [0.15, 0.2) is 0 Å². The van der Waals surface area contributed by atoms with E-state index in [1.54, 1.807) is 20.8 Å². The van der Waals surface area contributed by atoms with Crippen molar-refractivity contribution in [2.24, 2.45) is 5.92 Å². The largest absolute Gasteiger partial charge is 0.300 e. The van der Waals surface area contributed by atoms with Crippen LogP contribution in [0.1, 0.15) is 74.1 Å². The van der Waals surface area contributed by atoms with Crippen LogP contribution in [0.2, 0.25) is 0 Å². The molecule has 0 aromatic heterocycles. The van der Waals surface area contributed by atoms with Crippen molar-refractivity contribution in [2.75, 3.05) is 0 Å². The maximum atomic E-state index is 10.9. The molecule has 8 nitrogen and oxygen atoms in total. The smallest absolute Gasteiger partial charge is 0.254 e. The predicted molar refractivity (Wildman–Crippen MR) is 99.1 cm³/mol. The second kappa shape index (κ2) is 11.6. The minimum absolute atomic E-state index is 0.0278. The van der Waals surface area contributed by atoms with E-state index in [1.165, 1.54) is 4.90 Å². The van der Waals surface area contributed by atoms with Crippen molar-refractivity contribution >= 4 is 29.4 Å². The molecule has 0 saturated carbocycles. The van der Waals surface area contributed by atoms with E-state index in [4.69, 9.17) is 4.84 Å². The van der Waals surface area contributed by atoms with Crippen LogP contribution in [0, 0.1) is 5.92 Å². The van der Waals surface area contributed by atoms with Crippen LogP contribution < -0.4 is 0 Å². The molecule has 8 heteroatoms. The molecule has 0 aromatic rings. The molecule has 0 aliphatic carbocycles. The van der Waals surface area contributed by atoms with Gasteiger partial charge in [0.15, 0.2) is 0 Å². The van der Waals surface area contributed by atoms with Gasteiger partial charge in [-0.1, -0.05) is 13.8 Å². The van der Waals surface area contributed by atoms with Gasteiger partial charge < -0.3 is 0 Å². The Balaban J connectivity index is 0.000000394. The van der Waals surface area contributed by atoms with Crippen LogP contribution in [0.4, 0.5) is 0 Å². The van der Waals surface area contributed by atoms with E-state index < -0.39 is 0 Å². The van der Waals surface area contributed by atoms with Crippen LogP contribution in [-0.4, -0.2) is 51.5 Å². The predicted octanol–water partition coefficient (Wildman–Crippen LogP) is 2.25. The summed E-state index contributed by atoms with van der Waals surface area (Å²) in [4.78, 5) is 60.1. The van der Waals surface area contributed by atoms with E-state index in [0.29, 0.717) is 12.8 Å². The van der Waals surface area contributed by atoms with Crippen molar-refractivity contribution in [3.8, 4) is 0 Å². The molecule has 0 N–H and O–H groups in total. The first kappa shape index (κ1) is 24.9. The average molecular weight is 384 g/mol. The fraction of sp³-hybridized carbons (Fsp3) is 0.737. The Morgan fingerprint density at radius 2 is 1.11 bits per heavy atom. The van der Waals surface area contributed by atoms with Crippen molar-refractivity contribution in [2.45, 2.75) is 86.3 Å². The number of Topliss-reactive ketones (excluding diaryl/α,β-unsaturated/α-hetero) is 1. The van der Waals surface area contributed by atoms with Gasteiger partial charge in [-0.2, -0.15) is 5.06 Å². The van der Waals surface area contributed by atoms with Gasteiger partial charge in [-0.25, -0.2) is 0 Å². The molecule has 2 heterocycles. The second-order valence-corrected chi connectivity index (χ2v) is 7.25. The fourth-order valence-electron chi connectivity index (χ4n) is 2.05. The molecule has 27 heavy (non-hydrogen) atoms. The van der Waals surface area contributed by atoms with Crippen molar-refractivity contribution < 1.29 is 28.8 Å². The number of hydrogen-bond acceptors (Lipinski definition) is 6. The number of nitrogens with zero attached hydrogens (tertiary/aromatic N) is 2. The van der Waals surface area contributed by atoms with Crippen molar-refractivity contribution in [3.05, 3.63) is 0 Å². The topological polar surface area (TPSA) is 101 Å². The van der Waals surface area contributed by atoms with Crippen LogP contribution in [0.25, 0.3) is 0 Å². The standard InChI is InChI=1S/C7H11NO3.C7H11NO2.C5H10O/c1-5(2)11-8-6(9)3-4-7(8)10;1-5(2)8-6(9)3-4-7(8)10;1-4(2)5(3)6/h5H,3-4H2,1-2H3;5H,3-4H2,1-2H3;4H,1-3H3. The average Bonchev–Trinajstić information content (AvgIpc) is 3.04. The zero-order chi connectivity index (χ0) is 21.3. The Morgan fingerprint density at radius 1 is 0.778 bits per heavy atom. The summed E-state index contributed by atoms with van der Waals surface area (Å²) in [6.45, 7) is 12.6. The van der Waals surface area contributed by atoms with Gasteiger partial charge in [0.25, 0.3) is 11.8 Å². The number of carbonyl (C=O) groups is 5. The normalized spacial score (nSPS) is 16.8. The minimum Gasteiger partial charge on any atom is -0.300 e. The highest BCUT2D eigenvalue weighted by atomic mass is 16.7. The molecule has 4 amide bonds. The SMILES string of the molecule is CC(=O)C(C)C.CC(C)N1C(=O)CCC1=O.CC(C)ON1C(=O)CCC1=O. The van der Waals surface area contributed by atoms with Crippen molar-refractivity contribution in [1.82, 2.24) is 9.96 Å². The summed E-state index contributed by atoms with van der Waals surface area (Å²) in [5, 5.41) is 0.866. The maximum Gasteiger partial charge on any atom is 0.254 e. The minimum atomic E-state index is -0.233. The summed E-state index contributed by atoms with van der Waals surface area (Å²) in [5.41, 5.74) is 0. The molecule has 2 aliphatic heterocycles. The third kappa shape index (κ3) is 8.90. The highest BCUT2D eigenvalue weighted by Gasteiger charge is 2.31. The van der Waals surface area contributed by atoms with E-state index in [0.717, 1.165) is 5.06 Å². The first-order chi connectivity index (χ1) is 12.4. The van der Waals surface area contributed by atoms with E-state index >= 15 is 0 Å². The number of likely N-dealkylation sites (tertiary alicyclic amines) is 1. The van der Waals surface area contributed by atoms with E-state index in [-0.39, 0.29) is 60.3 Å². The summed E-state index contributed by atoms with van der Waals surface area (Å²) in [7, 11) is 0. The maximum absolute atomic E-state index is 10.9. The quantitative estimate of drug-likeness (QED) is 0.689. The third-order valence-corrected chi connectivity index (χ3v) is 3.74. The van der Waals surface area contributed by atoms with Gasteiger partial charge in [0, 0.05) is 37.6 Å². The molecule has 0 spiro atoms. The molecule has 2 fully saturated rings. The zero-order valence-corrected chi connectivity index (χ0v) is 17.4. The van der Waals surface area contributed by atoms with Gasteiger partial charge >= 0.3 is 0 Å². The van der Waals surface area contributed by atoms with Gasteiger partial charge in [0.1, 0.15) is 5.78 Å². The first-order valence-corrected chi connectivity index (χ1v) is 9.26. The number of imide groups is 2. The number of hydroxylamine groups is 2. The van der Waals surface area contributed by atoms with Crippen LogP contribution in [0.3, 0.4) is 0 Å². The summed E-state index contributed by atoms with van der Waals surface area (Å²) in [6, 6.07) is 0.0301. The highest BCUT2D eigenvalue weighted by Crippen LogP contribution is 2.14. The first-order valence-electron chi connectivity index (χ1n) is 9.26. The molecule has 2 saturated heterocycles. The fourth-order valence-corrected chi connectivity index (χ4v) is 2.05. The lowest BCUT2D eigenvalue weighted by Crippen LogP contribution is -2.35. The van der Waals surface area contributed by atoms with E-state index in [1.807, 2.05) is 27.7 Å². The highest BCUT2D eigenvalue weighted by molar-refractivity contribution is 6.02. The van der Waals surface area contributed by atoms with Gasteiger partial charge in [0.05, 0.1) is 6.10 Å². The monoisotopic (exact) mass is 384 g/mol. The Kier molecular flexibility index (Phi) is 10.7. The van der Waals surface area contributed by atoms with Gasteiger partial charge in [-0.3, -0.25) is 33.7 Å². The number of hydrogen-bond donors (Lipinski definition) is 0. The number of carbonyl (C=O) groups excluding carboxylic acids is 5. The van der Waals surface area contributed by atoms with Gasteiger partial charge in [0.2, 0.25) is 11.8 Å². The molecular formula is C19H32N2O6. The second-order valence-electron chi connectivity index (χ2n) is 7.25. The number of ketones is 1.